The predicted molar refractivity (Wildman–Crippen MR) is 54.7 cm³/mol. The summed E-state index contributed by atoms with van der Waals surface area (Å²) in [4.78, 5) is 10.8. The van der Waals surface area contributed by atoms with Gasteiger partial charge < -0.3 is 14.0 Å². The summed E-state index contributed by atoms with van der Waals surface area (Å²) in [6.45, 7) is 3.83. The Balaban J connectivity index is 1.95. The van der Waals surface area contributed by atoms with Crippen molar-refractivity contribution >= 4 is 5.97 Å². The van der Waals surface area contributed by atoms with Crippen molar-refractivity contribution < 1.29 is 18.8 Å². The molecular weight excluding hydrogens is 210 g/mol. The fourth-order valence-corrected chi connectivity index (χ4v) is 1.77. The van der Waals surface area contributed by atoms with Crippen LogP contribution >= 0.6 is 0 Å². The number of carbonyl (C=O) groups is 1. The van der Waals surface area contributed by atoms with Crippen LogP contribution in [0.15, 0.2) is 10.6 Å². The van der Waals surface area contributed by atoms with E-state index in [2.05, 4.69) is 5.16 Å². The lowest BCUT2D eigenvalue weighted by Gasteiger charge is -2.06. The molecule has 2 rings (SSSR count). The predicted octanol–water partition coefficient (Wildman–Crippen LogP) is 1.63. The zero-order chi connectivity index (χ0) is 11.5. The molecular formula is C11H15NO4. The van der Waals surface area contributed by atoms with Crippen LogP contribution in [0.4, 0.5) is 0 Å². The average Bonchev–Trinajstić information content (AvgIpc) is 2.83. The van der Waals surface area contributed by atoms with Gasteiger partial charge in [-0.05, 0) is 0 Å². The maximum atomic E-state index is 10.8. The molecule has 0 saturated carbocycles. The van der Waals surface area contributed by atoms with Crippen molar-refractivity contribution in [3.05, 3.63) is 17.5 Å². The lowest BCUT2D eigenvalue weighted by molar-refractivity contribution is -0.146. The molecule has 5 heteroatoms. The number of ether oxygens (including phenoxy) is 2. The Labute approximate surface area is 93.7 Å². The van der Waals surface area contributed by atoms with Crippen LogP contribution < -0.4 is 0 Å². The molecule has 1 aliphatic rings. The first-order chi connectivity index (χ1) is 7.69. The van der Waals surface area contributed by atoms with E-state index < -0.39 is 0 Å². The second-order valence-electron chi connectivity index (χ2n) is 3.86. The number of aryl methyl sites for hydroxylation is 1. The standard InChI is InChI=1S/C11H15NO4/c1-3-8-4-10(12-16-8)11-5-9(6-14-11)15-7(2)13/h4,9,11H,3,5-6H2,1-2H3. The zero-order valence-corrected chi connectivity index (χ0v) is 9.43. The molecule has 0 aromatic carbocycles. The van der Waals surface area contributed by atoms with Gasteiger partial charge in [0.25, 0.3) is 0 Å². The first-order valence-corrected chi connectivity index (χ1v) is 5.43. The SMILES string of the molecule is CCc1cc(C2CC(OC(C)=O)CO2)no1. The Morgan fingerprint density at radius 3 is 3.12 bits per heavy atom. The van der Waals surface area contributed by atoms with Crippen molar-refractivity contribution in [1.82, 2.24) is 5.16 Å². The summed E-state index contributed by atoms with van der Waals surface area (Å²) in [6, 6.07) is 1.89. The van der Waals surface area contributed by atoms with Crippen LogP contribution in [0.2, 0.25) is 0 Å². The fraction of sp³-hybridized carbons (Fsp3) is 0.636. The summed E-state index contributed by atoms with van der Waals surface area (Å²) in [6.07, 6.45) is 1.18. The lowest BCUT2D eigenvalue weighted by atomic mass is 10.1. The number of esters is 1. The lowest BCUT2D eigenvalue weighted by Crippen LogP contribution is -2.15. The third-order valence-corrected chi connectivity index (χ3v) is 2.55. The first kappa shape index (κ1) is 11.1. The summed E-state index contributed by atoms with van der Waals surface area (Å²) < 4.78 is 15.7. The highest BCUT2D eigenvalue weighted by molar-refractivity contribution is 5.66. The minimum absolute atomic E-state index is 0.117. The second kappa shape index (κ2) is 4.65. The van der Waals surface area contributed by atoms with Gasteiger partial charge in [-0.3, -0.25) is 4.79 Å². The minimum Gasteiger partial charge on any atom is -0.460 e. The van der Waals surface area contributed by atoms with E-state index in [0.29, 0.717) is 13.0 Å². The van der Waals surface area contributed by atoms with Crippen LogP contribution in [-0.4, -0.2) is 23.8 Å². The summed E-state index contributed by atoms with van der Waals surface area (Å²) in [5.41, 5.74) is 0.784. The maximum Gasteiger partial charge on any atom is 0.302 e. The molecule has 1 aliphatic heterocycles. The van der Waals surface area contributed by atoms with Crippen molar-refractivity contribution in [1.29, 1.82) is 0 Å². The van der Waals surface area contributed by atoms with Crippen molar-refractivity contribution in [3.8, 4) is 0 Å². The summed E-state index contributed by atoms with van der Waals surface area (Å²) in [7, 11) is 0. The summed E-state index contributed by atoms with van der Waals surface area (Å²) >= 11 is 0. The molecule has 0 N–H and O–H groups in total. The summed E-state index contributed by atoms with van der Waals surface area (Å²) in [5.74, 6) is 0.568. The molecule has 88 valence electrons. The zero-order valence-electron chi connectivity index (χ0n) is 9.43. The Hall–Kier alpha value is -1.36. The van der Waals surface area contributed by atoms with Crippen molar-refractivity contribution in [3.63, 3.8) is 0 Å². The molecule has 2 atom stereocenters. The Bertz CT molecular complexity index is 374. The molecule has 0 amide bonds. The number of aromatic nitrogens is 1. The van der Waals surface area contributed by atoms with E-state index in [9.17, 15) is 4.79 Å². The molecule has 1 fully saturated rings. The average molecular weight is 225 g/mol. The van der Waals surface area contributed by atoms with Gasteiger partial charge in [0.05, 0.1) is 6.61 Å². The van der Waals surface area contributed by atoms with Crippen LogP contribution in [0.5, 0.6) is 0 Å². The molecule has 16 heavy (non-hydrogen) atoms. The molecule has 0 bridgehead atoms. The topological polar surface area (TPSA) is 61.6 Å². The van der Waals surface area contributed by atoms with Gasteiger partial charge in [0.1, 0.15) is 23.7 Å². The molecule has 1 aromatic rings. The van der Waals surface area contributed by atoms with Gasteiger partial charge in [0.2, 0.25) is 0 Å². The molecule has 0 radical (unpaired) electrons. The van der Waals surface area contributed by atoms with Gasteiger partial charge in [0.15, 0.2) is 0 Å². The largest absolute Gasteiger partial charge is 0.460 e. The van der Waals surface area contributed by atoms with Crippen LogP contribution in [-0.2, 0) is 20.7 Å². The van der Waals surface area contributed by atoms with Gasteiger partial charge in [-0.15, -0.1) is 0 Å². The molecule has 0 spiro atoms. The third kappa shape index (κ3) is 2.41. The van der Waals surface area contributed by atoms with Crippen LogP contribution in [0, 0.1) is 0 Å². The van der Waals surface area contributed by atoms with Crippen LogP contribution in [0.25, 0.3) is 0 Å². The minimum atomic E-state index is -0.274. The van der Waals surface area contributed by atoms with Gasteiger partial charge in [-0.25, -0.2) is 0 Å². The van der Waals surface area contributed by atoms with E-state index in [-0.39, 0.29) is 18.2 Å². The van der Waals surface area contributed by atoms with E-state index in [1.54, 1.807) is 0 Å². The van der Waals surface area contributed by atoms with Crippen molar-refractivity contribution in [2.75, 3.05) is 6.61 Å². The maximum absolute atomic E-state index is 10.8. The highest BCUT2D eigenvalue weighted by Gasteiger charge is 2.30. The molecule has 0 aliphatic carbocycles. The molecule has 2 unspecified atom stereocenters. The molecule has 1 aromatic heterocycles. The van der Waals surface area contributed by atoms with E-state index in [1.807, 2.05) is 13.0 Å². The highest BCUT2D eigenvalue weighted by atomic mass is 16.6. The molecule has 1 saturated heterocycles. The number of nitrogens with zero attached hydrogens (tertiary/aromatic N) is 1. The number of carbonyl (C=O) groups excluding carboxylic acids is 1. The number of hydrogen-bond acceptors (Lipinski definition) is 5. The number of hydrogen-bond donors (Lipinski definition) is 0. The van der Waals surface area contributed by atoms with E-state index in [1.165, 1.54) is 6.92 Å². The quantitative estimate of drug-likeness (QED) is 0.731. The Morgan fingerprint density at radius 2 is 2.50 bits per heavy atom. The monoisotopic (exact) mass is 225 g/mol. The van der Waals surface area contributed by atoms with Gasteiger partial charge in [-0.2, -0.15) is 0 Å². The summed E-state index contributed by atoms with van der Waals surface area (Å²) in [5, 5.41) is 3.94. The van der Waals surface area contributed by atoms with Crippen molar-refractivity contribution in [2.24, 2.45) is 0 Å². The third-order valence-electron chi connectivity index (χ3n) is 2.55. The van der Waals surface area contributed by atoms with E-state index in [4.69, 9.17) is 14.0 Å². The van der Waals surface area contributed by atoms with Crippen LogP contribution in [0.3, 0.4) is 0 Å². The Morgan fingerprint density at radius 1 is 1.69 bits per heavy atom. The molecule has 5 nitrogen and oxygen atoms in total. The number of rotatable bonds is 3. The van der Waals surface area contributed by atoms with Gasteiger partial charge in [0, 0.05) is 25.8 Å². The molecule has 2 heterocycles. The highest BCUT2D eigenvalue weighted by Crippen LogP contribution is 2.30. The van der Waals surface area contributed by atoms with Crippen LogP contribution in [0.1, 0.15) is 37.8 Å². The normalized spacial score (nSPS) is 24.6. The fourth-order valence-electron chi connectivity index (χ4n) is 1.77. The van der Waals surface area contributed by atoms with E-state index in [0.717, 1.165) is 17.9 Å². The van der Waals surface area contributed by atoms with Gasteiger partial charge in [-0.1, -0.05) is 12.1 Å². The van der Waals surface area contributed by atoms with Crippen molar-refractivity contribution in [2.45, 2.75) is 38.9 Å². The van der Waals surface area contributed by atoms with Gasteiger partial charge >= 0.3 is 5.97 Å². The smallest absolute Gasteiger partial charge is 0.302 e. The second-order valence-corrected chi connectivity index (χ2v) is 3.86. The Kier molecular flexibility index (Phi) is 3.24. The van der Waals surface area contributed by atoms with E-state index >= 15 is 0 Å². The first-order valence-electron chi connectivity index (χ1n) is 5.43.